The minimum atomic E-state index is 0.641. The van der Waals surface area contributed by atoms with Crippen molar-refractivity contribution in [1.82, 2.24) is 4.98 Å². The van der Waals surface area contributed by atoms with Gasteiger partial charge >= 0.3 is 0 Å². The predicted octanol–water partition coefficient (Wildman–Crippen LogP) is 3.26. The molecule has 2 nitrogen and oxygen atoms in total. The Morgan fingerprint density at radius 3 is 2.64 bits per heavy atom. The van der Waals surface area contributed by atoms with E-state index >= 15 is 0 Å². The molecule has 0 fully saturated rings. The van der Waals surface area contributed by atoms with E-state index in [1.165, 1.54) is 4.90 Å². The van der Waals surface area contributed by atoms with Crippen LogP contribution in [0.15, 0.2) is 23.2 Å². The number of pyridine rings is 1. The van der Waals surface area contributed by atoms with Gasteiger partial charge in [0.15, 0.2) is 0 Å². The second-order valence-electron chi connectivity index (χ2n) is 3.69. The van der Waals surface area contributed by atoms with E-state index in [0.717, 1.165) is 5.82 Å². The molecule has 0 saturated carbocycles. The number of nitrogens with zero attached hydrogens (tertiary/aromatic N) is 1. The van der Waals surface area contributed by atoms with Crippen LogP contribution in [0.3, 0.4) is 0 Å². The monoisotopic (exact) mass is 210 g/mol. The molecule has 0 bridgehead atoms. The molecule has 0 amide bonds. The van der Waals surface area contributed by atoms with E-state index in [9.17, 15) is 0 Å². The number of hydrogen-bond acceptors (Lipinski definition) is 3. The Labute approximate surface area is 90.5 Å². The van der Waals surface area contributed by atoms with Crippen molar-refractivity contribution in [3.63, 3.8) is 0 Å². The molecule has 0 aromatic carbocycles. The smallest absolute Gasteiger partial charge is 0.126 e. The summed E-state index contributed by atoms with van der Waals surface area (Å²) in [5.74, 6) is 1.64. The summed E-state index contributed by atoms with van der Waals surface area (Å²) in [5.41, 5.74) is 0. The first-order valence-corrected chi connectivity index (χ1v) is 5.82. The molecule has 1 heterocycles. The van der Waals surface area contributed by atoms with Crippen LogP contribution in [0.4, 0.5) is 5.82 Å². The highest BCUT2D eigenvalue weighted by molar-refractivity contribution is 8.00. The molecule has 1 aromatic heterocycles. The Balaban J connectivity index is 2.66. The molecule has 0 aliphatic rings. The first kappa shape index (κ1) is 11.4. The van der Waals surface area contributed by atoms with Gasteiger partial charge in [0.1, 0.15) is 5.82 Å². The maximum Gasteiger partial charge on any atom is 0.126 e. The Kier molecular flexibility index (Phi) is 4.26. The van der Waals surface area contributed by atoms with Gasteiger partial charge in [-0.2, -0.15) is 0 Å². The molecule has 0 aliphatic heterocycles. The lowest BCUT2D eigenvalue weighted by atomic mass is 10.2. The Bertz CT molecular complexity index is 286. The minimum absolute atomic E-state index is 0.641. The zero-order chi connectivity index (χ0) is 10.6. The Hall–Kier alpha value is -0.700. The molecule has 1 unspecified atom stereocenters. The first-order chi connectivity index (χ1) is 6.63. The second-order valence-corrected chi connectivity index (χ2v) is 5.14. The molecule has 0 saturated heterocycles. The lowest BCUT2D eigenvalue weighted by Gasteiger charge is -2.14. The molecular formula is C11H18N2S. The summed E-state index contributed by atoms with van der Waals surface area (Å²) < 4.78 is 0. The van der Waals surface area contributed by atoms with E-state index in [0.29, 0.717) is 11.2 Å². The van der Waals surface area contributed by atoms with Crippen LogP contribution < -0.4 is 5.32 Å². The maximum absolute atomic E-state index is 4.19. The molecule has 1 rings (SSSR count). The highest BCUT2D eigenvalue weighted by Gasteiger charge is 2.08. The number of anilines is 1. The highest BCUT2D eigenvalue weighted by atomic mass is 32.2. The van der Waals surface area contributed by atoms with Gasteiger partial charge in [-0.3, -0.25) is 0 Å². The molecule has 78 valence electrons. The summed E-state index contributed by atoms with van der Waals surface area (Å²) in [5, 5.41) is 3.69. The lowest BCUT2D eigenvalue weighted by Crippen LogP contribution is -2.05. The number of aromatic nitrogens is 1. The third-order valence-electron chi connectivity index (χ3n) is 2.25. The van der Waals surface area contributed by atoms with Crippen LogP contribution in [0.25, 0.3) is 0 Å². The molecule has 1 aromatic rings. The van der Waals surface area contributed by atoms with Crippen molar-refractivity contribution in [1.29, 1.82) is 0 Å². The van der Waals surface area contributed by atoms with Gasteiger partial charge in [-0.1, -0.05) is 20.8 Å². The van der Waals surface area contributed by atoms with Crippen molar-refractivity contribution in [2.45, 2.75) is 30.9 Å². The fourth-order valence-electron chi connectivity index (χ4n) is 0.972. The average molecular weight is 210 g/mol. The largest absolute Gasteiger partial charge is 0.373 e. The molecule has 0 spiro atoms. The summed E-state index contributed by atoms with van der Waals surface area (Å²) in [6, 6.07) is 4.15. The van der Waals surface area contributed by atoms with Crippen molar-refractivity contribution >= 4 is 17.6 Å². The van der Waals surface area contributed by atoms with Crippen molar-refractivity contribution in [2.24, 2.45) is 5.92 Å². The van der Waals surface area contributed by atoms with E-state index < -0.39 is 0 Å². The standard InChI is InChI=1S/C11H18N2S/c1-8(2)9(3)14-10-5-6-13-11(7-10)12-4/h5-9H,1-4H3,(H,12,13). The van der Waals surface area contributed by atoms with Gasteiger partial charge in [-0.15, -0.1) is 11.8 Å². The van der Waals surface area contributed by atoms with Gasteiger partial charge in [-0.05, 0) is 18.1 Å². The number of rotatable bonds is 4. The molecule has 0 aliphatic carbocycles. The highest BCUT2D eigenvalue weighted by Crippen LogP contribution is 2.28. The zero-order valence-corrected chi connectivity index (χ0v) is 10.1. The van der Waals surface area contributed by atoms with Crippen LogP contribution in [0.2, 0.25) is 0 Å². The van der Waals surface area contributed by atoms with E-state index in [1.807, 2.05) is 25.0 Å². The summed E-state index contributed by atoms with van der Waals surface area (Å²) in [6.45, 7) is 6.75. The third-order valence-corrected chi connectivity index (χ3v) is 3.69. The summed E-state index contributed by atoms with van der Waals surface area (Å²) >= 11 is 1.90. The fraction of sp³-hybridized carbons (Fsp3) is 0.545. The van der Waals surface area contributed by atoms with Crippen molar-refractivity contribution in [2.75, 3.05) is 12.4 Å². The van der Waals surface area contributed by atoms with Crippen LogP contribution in [-0.2, 0) is 0 Å². The minimum Gasteiger partial charge on any atom is -0.373 e. The molecule has 3 heteroatoms. The van der Waals surface area contributed by atoms with Gasteiger partial charge < -0.3 is 5.32 Å². The maximum atomic E-state index is 4.19. The van der Waals surface area contributed by atoms with E-state index in [-0.39, 0.29) is 0 Å². The number of thioether (sulfide) groups is 1. The van der Waals surface area contributed by atoms with Crippen LogP contribution >= 0.6 is 11.8 Å². The van der Waals surface area contributed by atoms with Crippen molar-refractivity contribution in [3.8, 4) is 0 Å². The van der Waals surface area contributed by atoms with Crippen molar-refractivity contribution < 1.29 is 0 Å². The quantitative estimate of drug-likeness (QED) is 0.772. The van der Waals surface area contributed by atoms with Crippen LogP contribution in [-0.4, -0.2) is 17.3 Å². The molecule has 1 N–H and O–H groups in total. The van der Waals surface area contributed by atoms with E-state index in [2.05, 4.69) is 43.2 Å². The van der Waals surface area contributed by atoms with Gasteiger partial charge in [-0.25, -0.2) is 4.98 Å². The van der Waals surface area contributed by atoms with E-state index in [1.54, 1.807) is 0 Å². The second kappa shape index (κ2) is 5.25. The lowest BCUT2D eigenvalue weighted by molar-refractivity contribution is 0.642. The summed E-state index contributed by atoms with van der Waals surface area (Å²) in [4.78, 5) is 5.47. The van der Waals surface area contributed by atoms with Gasteiger partial charge in [0.25, 0.3) is 0 Å². The molecule has 0 radical (unpaired) electrons. The summed E-state index contributed by atoms with van der Waals surface area (Å²) in [6.07, 6.45) is 1.85. The molecule has 14 heavy (non-hydrogen) atoms. The van der Waals surface area contributed by atoms with Gasteiger partial charge in [0.2, 0.25) is 0 Å². The zero-order valence-electron chi connectivity index (χ0n) is 9.24. The Morgan fingerprint density at radius 2 is 2.07 bits per heavy atom. The molecular weight excluding hydrogens is 192 g/mol. The van der Waals surface area contributed by atoms with Crippen molar-refractivity contribution in [3.05, 3.63) is 18.3 Å². The van der Waals surface area contributed by atoms with Crippen LogP contribution in [0.1, 0.15) is 20.8 Å². The normalized spacial score (nSPS) is 12.9. The van der Waals surface area contributed by atoms with Crippen LogP contribution in [0, 0.1) is 5.92 Å². The molecule has 1 atom stereocenters. The topological polar surface area (TPSA) is 24.9 Å². The summed E-state index contributed by atoms with van der Waals surface area (Å²) in [7, 11) is 1.89. The van der Waals surface area contributed by atoms with Crippen LogP contribution in [0.5, 0.6) is 0 Å². The average Bonchev–Trinajstić information content (AvgIpc) is 2.18. The third kappa shape index (κ3) is 3.22. The Morgan fingerprint density at radius 1 is 1.36 bits per heavy atom. The number of hydrogen-bond donors (Lipinski definition) is 1. The fourth-order valence-corrected chi connectivity index (χ4v) is 1.99. The number of nitrogens with one attached hydrogen (secondary N) is 1. The first-order valence-electron chi connectivity index (χ1n) is 4.94. The SMILES string of the molecule is CNc1cc(SC(C)C(C)C)ccn1. The predicted molar refractivity (Wildman–Crippen MR) is 63.9 cm³/mol. The van der Waals surface area contributed by atoms with Gasteiger partial charge in [0, 0.05) is 23.4 Å². The van der Waals surface area contributed by atoms with Gasteiger partial charge in [0.05, 0.1) is 0 Å². The van der Waals surface area contributed by atoms with E-state index in [4.69, 9.17) is 0 Å².